The first-order valence-corrected chi connectivity index (χ1v) is 9.41. The first-order chi connectivity index (χ1) is 12.7. The van der Waals surface area contributed by atoms with Gasteiger partial charge in [0.1, 0.15) is 5.60 Å². The Morgan fingerprint density at radius 1 is 1.14 bits per heavy atom. The summed E-state index contributed by atoms with van der Waals surface area (Å²) in [6, 6.07) is -0.0276. The molecule has 0 heterocycles. The summed E-state index contributed by atoms with van der Waals surface area (Å²) in [6.07, 6.45) is 2.44. The molecule has 0 rings (SSSR count). The van der Waals surface area contributed by atoms with Gasteiger partial charge in [-0.25, -0.2) is 4.79 Å². The van der Waals surface area contributed by atoms with Gasteiger partial charge in [0.05, 0.1) is 13.2 Å². The molecule has 0 spiro atoms. The smallest absolute Gasteiger partial charge is 0.407 e. The number of carbonyl (C=O) groups is 2. The molecule has 28 heavy (non-hydrogen) atoms. The van der Waals surface area contributed by atoms with E-state index in [0.29, 0.717) is 25.7 Å². The number of unbranched alkanes of at least 4 members (excludes halogenated alkanes) is 1. The quantitative estimate of drug-likeness (QED) is 0.144. The molecule has 0 radical (unpaired) electrons. The lowest BCUT2D eigenvalue weighted by molar-refractivity contribution is -0.120. The van der Waals surface area contributed by atoms with Gasteiger partial charge in [-0.1, -0.05) is 19.8 Å². The number of methoxy groups -OCH3 is 1. The van der Waals surface area contributed by atoms with Gasteiger partial charge >= 0.3 is 6.09 Å². The van der Waals surface area contributed by atoms with Gasteiger partial charge in [-0.2, -0.15) is 0 Å². The van der Waals surface area contributed by atoms with Gasteiger partial charge in [0.25, 0.3) is 0 Å². The molecule has 0 aromatic rings. The maximum Gasteiger partial charge on any atom is 0.407 e. The lowest BCUT2D eigenvalue weighted by Crippen LogP contribution is -2.50. The fourth-order valence-electron chi connectivity index (χ4n) is 2.10. The van der Waals surface area contributed by atoms with Gasteiger partial charge in [0, 0.05) is 33.3 Å². The number of aliphatic imine (C=N–C) groups is 1. The molecule has 0 aromatic carbocycles. The molecule has 0 bridgehead atoms. The zero-order valence-corrected chi connectivity index (χ0v) is 20.3. The van der Waals surface area contributed by atoms with Gasteiger partial charge in [-0.15, -0.1) is 24.0 Å². The third-order valence-corrected chi connectivity index (χ3v) is 3.41. The van der Waals surface area contributed by atoms with Gasteiger partial charge in [0.15, 0.2) is 5.96 Å². The van der Waals surface area contributed by atoms with E-state index >= 15 is 0 Å². The standard InChI is InChI=1S/C18H37N5O4.HI/c1-7-8-9-14(12-22-17(25)27-18(2,3)4)23-16(19-5)21-13-15(24)20-10-11-26-6;/h14H,7-13H2,1-6H3,(H,20,24)(H,22,25)(H2,19,21,23);1H. The number of hydrogen-bond donors (Lipinski definition) is 4. The van der Waals surface area contributed by atoms with E-state index in [2.05, 4.69) is 33.2 Å². The molecule has 10 heteroatoms. The molecule has 0 aromatic heterocycles. The van der Waals surface area contributed by atoms with Crippen molar-refractivity contribution in [2.75, 3.05) is 40.4 Å². The van der Waals surface area contributed by atoms with Crippen LogP contribution >= 0.6 is 24.0 Å². The SMILES string of the molecule is CCCCC(CNC(=O)OC(C)(C)C)NC(=NC)NCC(=O)NCCOC.I. The van der Waals surface area contributed by atoms with Crippen molar-refractivity contribution in [1.82, 2.24) is 21.3 Å². The molecule has 0 fully saturated rings. The van der Waals surface area contributed by atoms with Crippen LogP contribution in [0.25, 0.3) is 0 Å². The van der Waals surface area contributed by atoms with Crippen LogP contribution in [0.1, 0.15) is 47.0 Å². The predicted octanol–water partition coefficient (Wildman–Crippen LogP) is 1.62. The Balaban J connectivity index is 0. The summed E-state index contributed by atoms with van der Waals surface area (Å²) in [5, 5.41) is 11.7. The van der Waals surface area contributed by atoms with E-state index in [1.165, 1.54) is 0 Å². The topological polar surface area (TPSA) is 113 Å². The summed E-state index contributed by atoms with van der Waals surface area (Å²) in [7, 11) is 3.22. The molecule has 0 saturated heterocycles. The van der Waals surface area contributed by atoms with Crippen LogP contribution in [0.3, 0.4) is 0 Å². The Bertz CT molecular complexity index is 469. The maximum atomic E-state index is 11.9. The van der Waals surface area contributed by atoms with Crippen molar-refractivity contribution >= 4 is 41.9 Å². The summed E-state index contributed by atoms with van der Waals surface area (Å²) in [4.78, 5) is 27.8. The van der Waals surface area contributed by atoms with E-state index in [0.717, 1.165) is 19.3 Å². The zero-order chi connectivity index (χ0) is 20.7. The number of ether oxygens (including phenoxy) is 2. The normalized spacial score (nSPS) is 12.4. The molecule has 9 nitrogen and oxygen atoms in total. The first kappa shape index (κ1) is 28.9. The second-order valence-corrected chi connectivity index (χ2v) is 7.13. The molecular formula is C18H38IN5O4. The second kappa shape index (κ2) is 16.6. The number of amides is 2. The molecule has 0 aliphatic rings. The molecule has 2 amide bonds. The molecule has 0 aliphatic heterocycles. The van der Waals surface area contributed by atoms with Crippen LogP contribution in [0.2, 0.25) is 0 Å². The minimum atomic E-state index is -0.538. The average molecular weight is 515 g/mol. The van der Waals surface area contributed by atoms with Crippen molar-refractivity contribution in [1.29, 1.82) is 0 Å². The lowest BCUT2D eigenvalue weighted by atomic mass is 10.1. The lowest BCUT2D eigenvalue weighted by Gasteiger charge is -2.24. The van der Waals surface area contributed by atoms with Crippen molar-refractivity contribution in [2.24, 2.45) is 4.99 Å². The van der Waals surface area contributed by atoms with Crippen LogP contribution < -0.4 is 21.3 Å². The fourth-order valence-corrected chi connectivity index (χ4v) is 2.10. The number of carbonyl (C=O) groups excluding carboxylic acids is 2. The number of alkyl carbamates (subject to hydrolysis) is 1. The van der Waals surface area contributed by atoms with E-state index < -0.39 is 11.7 Å². The Morgan fingerprint density at radius 3 is 2.36 bits per heavy atom. The maximum absolute atomic E-state index is 11.9. The number of rotatable bonds is 11. The zero-order valence-electron chi connectivity index (χ0n) is 18.0. The van der Waals surface area contributed by atoms with Crippen LogP contribution in [-0.4, -0.2) is 70.0 Å². The summed E-state index contributed by atoms with van der Waals surface area (Å²) in [6.45, 7) is 9.00. The number of guanidine groups is 1. The van der Waals surface area contributed by atoms with Crippen molar-refractivity contribution in [2.45, 2.75) is 58.6 Å². The third kappa shape index (κ3) is 16.8. The van der Waals surface area contributed by atoms with E-state index in [4.69, 9.17) is 9.47 Å². The Labute approximate surface area is 186 Å². The molecule has 4 N–H and O–H groups in total. The minimum absolute atomic E-state index is 0. The molecule has 166 valence electrons. The molecule has 0 saturated carbocycles. The highest BCUT2D eigenvalue weighted by Gasteiger charge is 2.18. The van der Waals surface area contributed by atoms with Crippen LogP contribution in [0.15, 0.2) is 4.99 Å². The van der Waals surface area contributed by atoms with Crippen molar-refractivity contribution in [3.05, 3.63) is 0 Å². The van der Waals surface area contributed by atoms with Crippen LogP contribution in [0.4, 0.5) is 4.79 Å². The van der Waals surface area contributed by atoms with Crippen LogP contribution in [-0.2, 0) is 14.3 Å². The van der Waals surface area contributed by atoms with E-state index in [1.54, 1.807) is 14.2 Å². The van der Waals surface area contributed by atoms with Gasteiger partial charge in [0.2, 0.25) is 5.91 Å². The molecule has 1 unspecified atom stereocenters. The minimum Gasteiger partial charge on any atom is -0.444 e. The number of halogens is 1. The van der Waals surface area contributed by atoms with Gasteiger partial charge in [-0.3, -0.25) is 9.79 Å². The number of nitrogens with zero attached hydrogens (tertiary/aromatic N) is 1. The fraction of sp³-hybridized carbons (Fsp3) is 0.833. The predicted molar refractivity (Wildman–Crippen MR) is 122 cm³/mol. The largest absolute Gasteiger partial charge is 0.444 e. The Kier molecular flexibility index (Phi) is 17.2. The number of nitrogens with one attached hydrogen (secondary N) is 4. The molecular weight excluding hydrogens is 477 g/mol. The second-order valence-electron chi connectivity index (χ2n) is 7.13. The average Bonchev–Trinajstić information content (AvgIpc) is 2.59. The van der Waals surface area contributed by atoms with Gasteiger partial charge in [-0.05, 0) is 27.2 Å². The molecule has 0 aliphatic carbocycles. The van der Waals surface area contributed by atoms with Crippen molar-refractivity contribution < 1.29 is 19.1 Å². The molecule has 1 atom stereocenters. The monoisotopic (exact) mass is 515 g/mol. The summed E-state index contributed by atoms with van der Waals surface area (Å²) in [5.41, 5.74) is -0.538. The highest BCUT2D eigenvalue weighted by molar-refractivity contribution is 14.0. The third-order valence-electron chi connectivity index (χ3n) is 3.41. The van der Waals surface area contributed by atoms with E-state index in [9.17, 15) is 9.59 Å². The summed E-state index contributed by atoms with van der Waals surface area (Å²) in [5.74, 6) is 0.357. The van der Waals surface area contributed by atoms with Crippen molar-refractivity contribution in [3.63, 3.8) is 0 Å². The summed E-state index contributed by atoms with van der Waals surface area (Å²) >= 11 is 0. The van der Waals surface area contributed by atoms with Crippen LogP contribution in [0.5, 0.6) is 0 Å². The Morgan fingerprint density at radius 2 is 1.82 bits per heavy atom. The van der Waals surface area contributed by atoms with Crippen LogP contribution in [0, 0.1) is 0 Å². The van der Waals surface area contributed by atoms with Crippen molar-refractivity contribution in [3.8, 4) is 0 Å². The number of hydrogen-bond acceptors (Lipinski definition) is 5. The van der Waals surface area contributed by atoms with Gasteiger partial charge < -0.3 is 30.7 Å². The Hall–Kier alpha value is -1.30. The summed E-state index contributed by atoms with van der Waals surface area (Å²) < 4.78 is 10.2. The van der Waals surface area contributed by atoms with E-state index in [-0.39, 0.29) is 42.5 Å². The van der Waals surface area contributed by atoms with E-state index in [1.807, 2.05) is 20.8 Å². The highest BCUT2D eigenvalue weighted by Crippen LogP contribution is 2.06. The highest BCUT2D eigenvalue weighted by atomic mass is 127. The first-order valence-electron chi connectivity index (χ1n) is 9.41.